The Morgan fingerprint density at radius 2 is 2.17 bits per heavy atom. The number of hydrogen-bond acceptors (Lipinski definition) is 2. The SMILES string of the molecule is Cc1cc(O)cc2cccnc12. The number of phenolic OH excluding ortho intramolecular Hbond substituents is 1. The largest absolute Gasteiger partial charge is 0.508 e. The molecule has 0 bridgehead atoms. The molecule has 2 aromatic rings. The summed E-state index contributed by atoms with van der Waals surface area (Å²) in [6, 6.07) is 7.24. The highest BCUT2D eigenvalue weighted by Crippen LogP contribution is 2.21. The van der Waals surface area contributed by atoms with Gasteiger partial charge in [0.05, 0.1) is 5.52 Å². The molecule has 0 atom stereocenters. The maximum absolute atomic E-state index is 9.28. The molecular formula is C10H9NO. The van der Waals surface area contributed by atoms with Gasteiger partial charge in [-0.2, -0.15) is 0 Å². The van der Waals surface area contributed by atoms with Crippen LogP contribution in [0.2, 0.25) is 0 Å². The molecule has 0 spiro atoms. The molecule has 0 saturated heterocycles. The predicted molar refractivity (Wildman–Crippen MR) is 48.1 cm³/mol. The van der Waals surface area contributed by atoms with Gasteiger partial charge in [0.25, 0.3) is 0 Å². The fourth-order valence-corrected chi connectivity index (χ4v) is 1.35. The highest BCUT2D eigenvalue weighted by Gasteiger charge is 1.98. The number of aromatic hydroxyl groups is 1. The fraction of sp³-hybridized carbons (Fsp3) is 0.100. The van der Waals surface area contributed by atoms with Crippen LogP contribution < -0.4 is 0 Å². The second-order valence-electron chi connectivity index (χ2n) is 2.84. The van der Waals surface area contributed by atoms with E-state index in [2.05, 4.69) is 4.98 Å². The standard InChI is InChI=1S/C10H9NO/c1-7-5-9(12)6-8-3-2-4-11-10(7)8/h2-6,12H,1H3. The van der Waals surface area contributed by atoms with Gasteiger partial charge < -0.3 is 5.11 Å². The lowest BCUT2D eigenvalue weighted by molar-refractivity contribution is 0.476. The topological polar surface area (TPSA) is 33.1 Å². The fourth-order valence-electron chi connectivity index (χ4n) is 1.35. The molecule has 1 aromatic heterocycles. The molecule has 0 radical (unpaired) electrons. The van der Waals surface area contributed by atoms with Crippen LogP contribution in [0, 0.1) is 6.92 Å². The van der Waals surface area contributed by atoms with Gasteiger partial charge in [-0.25, -0.2) is 0 Å². The molecule has 0 fully saturated rings. The molecule has 2 nitrogen and oxygen atoms in total. The lowest BCUT2D eigenvalue weighted by atomic mass is 10.1. The molecular weight excluding hydrogens is 150 g/mol. The Kier molecular flexibility index (Phi) is 1.47. The van der Waals surface area contributed by atoms with E-state index in [1.807, 2.05) is 19.1 Å². The van der Waals surface area contributed by atoms with E-state index in [-0.39, 0.29) is 0 Å². The zero-order valence-electron chi connectivity index (χ0n) is 6.78. The first-order valence-electron chi connectivity index (χ1n) is 3.82. The maximum Gasteiger partial charge on any atom is 0.116 e. The zero-order chi connectivity index (χ0) is 8.55. The lowest BCUT2D eigenvalue weighted by Crippen LogP contribution is -1.81. The van der Waals surface area contributed by atoms with E-state index < -0.39 is 0 Å². The molecule has 0 aliphatic rings. The molecule has 0 aliphatic carbocycles. The van der Waals surface area contributed by atoms with Crippen LogP contribution in [0.4, 0.5) is 0 Å². The van der Waals surface area contributed by atoms with Crippen molar-refractivity contribution in [3.63, 3.8) is 0 Å². The summed E-state index contributed by atoms with van der Waals surface area (Å²) in [5.74, 6) is 0.299. The third kappa shape index (κ3) is 1.01. The Morgan fingerprint density at radius 1 is 1.33 bits per heavy atom. The minimum Gasteiger partial charge on any atom is -0.508 e. The van der Waals surface area contributed by atoms with Crippen LogP contribution in [-0.4, -0.2) is 10.1 Å². The van der Waals surface area contributed by atoms with Crippen LogP contribution in [0.5, 0.6) is 5.75 Å². The van der Waals surface area contributed by atoms with Crippen LogP contribution in [-0.2, 0) is 0 Å². The normalized spacial score (nSPS) is 10.4. The van der Waals surface area contributed by atoms with E-state index in [0.29, 0.717) is 5.75 Å². The Labute approximate surface area is 70.5 Å². The van der Waals surface area contributed by atoms with Crippen LogP contribution in [0.25, 0.3) is 10.9 Å². The average molecular weight is 159 g/mol. The van der Waals surface area contributed by atoms with Gasteiger partial charge in [0.15, 0.2) is 0 Å². The number of pyridine rings is 1. The number of hydrogen-bond donors (Lipinski definition) is 1. The quantitative estimate of drug-likeness (QED) is 0.639. The highest BCUT2D eigenvalue weighted by molar-refractivity contribution is 5.82. The van der Waals surface area contributed by atoms with Gasteiger partial charge in [-0.3, -0.25) is 4.98 Å². The summed E-state index contributed by atoms with van der Waals surface area (Å²) in [6.45, 7) is 1.94. The minimum absolute atomic E-state index is 0.299. The van der Waals surface area contributed by atoms with Crippen molar-refractivity contribution < 1.29 is 5.11 Å². The van der Waals surface area contributed by atoms with E-state index in [1.165, 1.54) is 0 Å². The van der Waals surface area contributed by atoms with Crippen molar-refractivity contribution in [3.8, 4) is 5.75 Å². The number of nitrogens with zero attached hydrogens (tertiary/aromatic N) is 1. The van der Waals surface area contributed by atoms with Crippen molar-refractivity contribution >= 4 is 10.9 Å². The Hall–Kier alpha value is -1.57. The molecule has 1 N–H and O–H groups in total. The van der Waals surface area contributed by atoms with Crippen molar-refractivity contribution in [2.75, 3.05) is 0 Å². The third-order valence-corrected chi connectivity index (χ3v) is 1.88. The first-order chi connectivity index (χ1) is 5.77. The van der Waals surface area contributed by atoms with Crippen LogP contribution in [0.15, 0.2) is 30.5 Å². The average Bonchev–Trinajstić information content (AvgIpc) is 2.04. The highest BCUT2D eigenvalue weighted by atomic mass is 16.3. The van der Waals surface area contributed by atoms with Crippen molar-refractivity contribution in [2.24, 2.45) is 0 Å². The molecule has 0 amide bonds. The van der Waals surface area contributed by atoms with Crippen molar-refractivity contribution in [1.29, 1.82) is 0 Å². The van der Waals surface area contributed by atoms with Crippen molar-refractivity contribution in [2.45, 2.75) is 6.92 Å². The summed E-state index contributed by atoms with van der Waals surface area (Å²) in [4.78, 5) is 4.21. The van der Waals surface area contributed by atoms with Gasteiger partial charge >= 0.3 is 0 Å². The van der Waals surface area contributed by atoms with Crippen LogP contribution in [0.1, 0.15) is 5.56 Å². The first-order valence-corrected chi connectivity index (χ1v) is 3.82. The van der Waals surface area contributed by atoms with E-state index in [0.717, 1.165) is 16.5 Å². The van der Waals surface area contributed by atoms with E-state index >= 15 is 0 Å². The zero-order valence-corrected chi connectivity index (χ0v) is 6.78. The molecule has 12 heavy (non-hydrogen) atoms. The number of aromatic nitrogens is 1. The summed E-state index contributed by atoms with van der Waals surface area (Å²) in [7, 11) is 0. The van der Waals surface area contributed by atoms with Crippen molar-refractivity contribution in [3.05, 3.63) is 36.0 Å². The van der Waals surface area contributed by atoms with E-state index in [1.54, 1.807) is 18.3 Å². The van der Waals surface area contributed by atoms with E-state index in [4.69, 9.17) is 0 Å². The Balaban J connectivity index is 2.89. The second kappa shape index (κ2) is 2.48. The molecule has 0 aliphatic heterocycles. The number of rotatable bonds is 0. The van der Waals surface area contributed by atoms with Gasteiger partial charge in [-0.05, 0) is 30.7 Å². The summed E-state index contributed by atoms with van der Waals surface area (Å²) in [5, 5.41) is 10.3. The van der Waals surface area contributed by atoms with Gasteiger partial charge in [0.1, 0.15) is 5.75 Å². The molecule has 0 saturated carbocycles. The molecule has 2 rings (SSSR count). The molecule has 1 heterocycles. The van der Waals surface area contributed by atoms with Crippen LogP contribution in [0.3, 0.4) is 0 Å². The van der Waals surface area contributed by atoms with Gasteiger partial charge in [0.2, 0.25) is 0 Å². The summed E-state index contributed by atoms with van der Waals surface area (Å²) in [5.41, 5.74) is 1.96. The Bertz CT molecular complexity index is 423. The summed E-state index contributed by atoms with van der Waals surface area (Å²) < 4.78 is 0. The monoisotopic (exact) mass is 159 g/mol. The minimum atomic E-state index is 0.299. The molecule has 0 unspecified atom stereocenters. The predicted octanol–water partition coefficient (Wildman–Crippen LogP) is 2.25. The van der Waals surface area contributed by atoms with Crippen molar-refractivity contribution in [1.82, 2.24) is 4.98 Å². The number of phenols is 1. The second-order valence-corrected chi connectivity index (χ2v) is 2.84. The van der Waals surface area contributed by atoms with E-state index in [9.17, 15) is 5.11 Å². The lowest BCUT2D eigenvalue weighted by Gasteiger charge is -2.00. The third-order valence-electron chi connectivity index (χ3n) is 1.88. The van der Waals surface area contributed by atoms with Gasteiger partial charge in [-0.15, -0.1) is 0 Å². The van der Waals surface area contributed by atoms with Gasteiger partial charge in [0, 0.05) is 11.6 Å². The molecule has 1 aromatic carbocycles. The first kappa shape index (κ1) is 7.10. The summed E-state index contributed by atoms with van der Waals surface area (Å²) >= 11 is 0. The smallest absolute Gasteiger partial charge is 0.116 e. The number of benzene rings is 1. The molecule has 60 valence electrons. The number of fused-ring (bicyclic) bond motifs is 1. The van der Waals surface area contributed by atoms with Gasteiger partial charge in [-0.1, -0.05) is 6.07 Å². The summed E-state index contributed by atoms with van der Waals surface area (Å²) in [6.07, 6.45) is 1.76. The molecule has 2 heteroatoms. The Morgan fingerprint density at radius 3 is 3.00 bits per heavy atom. The number of aryl methyl sites for hydroxylation is 1. The van der Waals surface area contributed by atoms with Crippen LogP contribution >= 0.6 is 0 Å². The maximum atomic E-state index is 9.28.